The Kier molecular flexibility index (Phi) is 4.49. The third-order valence-corrected chi connectivity index (χ3v) is 3.68. The third kappa shape index (κ3) is 3.16. The lowest BCUT2D eigenvalue weighted by atomic mass is 10.1. The molecule has 0 radical (unpaired) electrons. The molecule has 0 spiro atoms. The van der Waals surface area contributed by atoms with Crippen molar-refractivity contribution < 1.29 is 5.11 Å². The van der Waals surface area contributed by atoms with Crippen molar-refractivity contribution in [1.29, 1.82) is 0 Å². The molecule has 1 aliphatic heterocycles. The zero-order valence-corrected chi connectivity index (χ0v) is 11.8. The Hall–Kier alpha value is -0.770. The van der Waals surface area contributed by atoms with Gasteiger partial charge in [0.2, 0.25) is 0 Å². The molecule has 1 saturated heterocycles. The van der Waals surface area contributed by atoms with Gasteiger partial charge in [-0.05, 0) is 31.2 Å². The Morgan fingerprint density at radius 3 is 2.78 bits per heavy atom. The van der Waals surface area contributed by atoms with E-state index in [1.165, 1.54) is 0 Å². The second-order valence-electron chi connectivity index (χ2n) is 5.30. The van der Waals surface area contributed by atoms with E-state index < -0.39 is 0 Å². The van der Waals surface area contributed by atoms with Crippen LogP contribution in [0.5, 0.6) is 0 Å². The first-order chi connectivity index (χ1) is 8.60. The monoisotopic (exact) mass is 268 g/mol. The van der Waals surface area contributed by atoms with Crippen LogP contribution in [0.2, 0.25) is 5.02 Å². The molecule has 1 heterocycles. The van der Waals surface area contributed by atoms with Crippen LogP contribution >= 0.6 is 11.6 Å². The largest absolute Gasteiger partial charge is 0.394 e. The first kappa shape index (κ1) is 13.7. The van der Waals surface area contributed by atoms with Crippen molar-refractivity contribution in [3.63, 3.8) is 0 Å². The molecule has 3 nitrogen and oxygen atoms in total. The number of rotatable bonds is 2. The van der Waals surface area contributed by atoms with Crippen LogP contribution < -0.4 is 4.90 Å². The molecule has 4 heteroatoms. The molecule has 1 N–H and O–H groups in total. The standard InChI is InChI=1S/C14H21ClN2O/c1-11-7-16(2)9-14(10-18)17(8-11)13-5-3-4-12(15)6-13/h3-6,11,14,18H,7-10H2,1-2H3. The van der Waals surface area contributed by atoms with Crippen LogP contribution in [0.15, 0.2) is 24.3 Å². The second-order valence-corrected chi connectivity index (χ2v) is 5.73. The summed E-state index contributed by atoms with van der Waals surface area (Å²) in [5, 5.41) is 10.4. The maximum absolute atomic E-state index is 9.62. The highest BCUT2D eigenvalue weighted by atomic mass is 35.5. The topological polar surface area (TPSA) is 26.7 Å². The highest BCUT2D eigenvalue weighted by Crippen LogP contribution is 2.24. The van der Waals surface area contributed by atoms with Crippen molar-refractivity contribution in [2.45, 2.75) is 13.0 Å². The van der Waals surface area contributed by atoms with E-state index in [1.807, 2.05) is 18.2 Å². The maximum Gasteiger partial charge on any atom is 0.0647 e. The highest BCUT2D eigenvalue weighted by Gasteiger charge is 2.26. The SMILES string of the molecule is CC1CN(C)CC(CO)N(c2cccc(Cl)c2)C1. The average Bonchev–Trinajstić information content (AvgIpc) is 2.47. The van der Waals surface area contributed by atoms with Crippen LogP contribution in [-0.4, -0.2) is 49.3 Å². The minimum absolute atomic E-state index is 0.137. The molecular formula is C14H21ClN2O. The van der Waals surface area contributed by atoms with Crippen molar-refractivity contribution in [2.24, 2.45) is 5.92 Å². The van der Waals surface area contributed by atoms with Gasteiger partial charge in [0.25, 0.3) is 0 Å². The summed E-state index contributed by atoms with van der Waals surface area (Å²) in [5.41, 5.74) is 1.10. The van der Waals surface area contributed by atoms with Gasteiger partial charge in [0, 0.05) is 30.3 Å². The van der Waals surface area contributed by atoms with Crippen LogP contribution in [-0.2, 0) is 0 Å². The van der Waals surface area contributed by atoms with E-state index >= 15 is 0 Å². The van der Waals surface area contributed by atoms with Crippen LogP contribution in [0.1, 0.15) is 6.92 Å². The van der Waals surface area contributed by atoms with Crippen molar-refractivity contribution >= 4 is 17.3 Å². The van der Waals surface area contributed by atoms with Gasteiger partial charge >= 0.3 is 0 Å². The van der Waals surface area contributed by atoms with E-state index in [1.54, 1.807) is 0 Å². The van der Waals surface area contributed by atoms with E-state index in [9.17, 15) is 5.11 Å². The van der Waals surface area contributed by atoms with E-state index in [0.717, 1.165) is 30.3 Å². The summed E-state index contributed by atoms with van der Waals surface area (Å²) in [4.78, 5) is 4.57. The number of aliphatic hydroxyl groups is 1. The van der Waals surface area contributed by atoms with Crippen molar-refractivity contribution in [2.75, 3.05) is 38.2 Å². The molecule has 1 fully saturated rings. The molecule has 2 unspecified atom stereocenters. The van der Waals surface area contributed by atoms with Gasteiger partial charge < -0.3 is 14.9 Å². The van der Waals surface area contributed by atoms with Crippen LogP contribution in [0.4, 0.5) is 5.69 Å². The molecule has 0 aliphatic carbocycles. The Labute approximate surface area is 114 Å². The summed E-state index contributed by atoms with van der Waals surface area (Å²) in [6.07, 6.45) is 0. The number of likely N-dealkylation sites (N-methyl/N-ethyl adjacent to an activating group) is 1. The van der Waals surface area contributed by atoms with Gasteiger partial charge in [-0.1, -0.05) is 24.6 Å². The molecule has 2 rings (SSSR count). The lowest BCUT2D eigenvalue weighted by Crippen LogP contribution is -2.43. The minimum atomic E-state index is 0.137. The molecule has 2 atom stereocenters. The van der Waals surface area contributed by atoms with Gasteiger partial charge in [0.1, 0.15) is 0 Å². The molecule has 1 aromatic carbocycles. The van der Waals surface area contributed by atoms with Crippen molar-refractivity contribution in [3.8, 4) is 0 Å². The molecule has 100 valence electrons. The number of nitrogens with zero attached hydrogens (tertiary/aromatic N) is 2. The van der Waals surface area contributed by atoms with Crippen LogP contribution in [0.3, 0.4) is 0 Å². The Morgan fingerprint density at radius 1 is 1.33 bits per heavy atom. The zero-order chi connectivity index (χ0) is 13.1. The first-order valence-corrected chi connectivity index (χ1v) is 6.79. The van der Waals surface area contributed by atoms with Crippen molar-refractivity contribution in [1.82, 2.24) is 4.90 Å². The van der Waals surface area contributed by atoms with Gasteiger partial charge in [-0.2, -0.15) is 0 Å². The van der Waals surface area contributed by atoms with Crippen LogP contribution in [0.25, 0.3) is 0 Å². The lowest BCUT2D eigenvalue weighted by Gasteiger charge is -2.32. The number of halogens is 1. The third-order valence-electron chi connectivity index (χ3n) is 3.45. The first-order valence-electron chi connectivity index (χ1n) is 6.41. The van der Waals surface area contributed by atoms with Crippen molar-refractivity contribution in [3.05, 3.63) is 29.3 Å². The van der Waals surface area contributed by atoms with Gasteiger partial charge in [-0.15, -0.1) is 0 Å². The molecule has 0 amide bonds. The predicted octanol–water partition coefficient (Wildman–Crippen LogP) is 2.09. The number of hydrogen-bond donors (Lipinski definition) is 1. The molecule has 0 bridgehead atoms. The van der Waals surface area contributed by atoms with Gasteiger partial charge in [0.15, 0.2) is 0 Å². The number of anilines is 1. The Morgan fingerprint density at radius 2 is 2.11 bits per heavy atom. The quantitative estimate of drug-likeness (QED) is 0.890. The summed E-state index contributed by atoms with van der Waals surface area (Å²) in [5.74, 6) is 0.575. The molecule has 1 aromatic rings. The van der Waals surface area contributed by atoms with Gasteiger partial charge in [-0.3, -0.25) is 0 Å². The van der Waals surface area contributed by atoms with E-state index in [2.05, 4.69) is 29.8 Å². The molecular weight excluding hydrogens is 248 g/mol. The van der Waals surface area contributed by atoms with E-state index in [-0.39, 0.29) is 12.6 Å². The summed E-state index contributed by atoms with van der Waals surface area (Å²) < 4.78 is 0. The fourth-order valence-corrected chi connectivity index (χ4v) is 2.92. The van der Waals surface area contributed by atoms with Crippen LogP contribution in [0, 0.1) is 5.92 Å². The number of aliphatic hydroxyl groups excluding tert-OH is 1. The number of hydrogen-bond acceptors (Lipinski definition) is 3. The predicted molar refractivity (Wildman–Crippen MR) is 76.3 cm³/mol. The van der Waals surface area contributed by atoms with Gasteiger partial charge in [-0.25, -0.2) is 0 Å². The molecule has 18 heavy (non-hydrogen) atoms. The van der Waals surface area contributed by atoms with E-state index in [4.69, 9.17) is 11.6 Å². The summed E-state index contributed by atoms with van der Waals surface area (Å²) >= 11 is 6.06. The normalized spacial score (nSPS) is 26.1. The second kappa shape index (κ2) is 5.91. The molecule has 1 aliphatic rings. The molecule has 0 aromatic heterocycles. The highest BCUT2D eigenvalue weighted by molar-refractivity contribution is 6.30. The summed E-state index contributed by atoms with van der Waals surface area (Å²) in [6.45, 7) is 5.31. The zero-order valence-electron chi connectivity index (χ0n) is 11.0. The lowest BCUT2D eigenvalue weighted by molar-refractivity contribution is 0.226. The molecule has 0 saturated carbocycles. The van der Waals surface area contributed by atoms with Gasteiger partial charge in [0.05, 0.1) is 12.6 Å². The van der Waals surface area contributed by atoms with E-state index in [0.29, 0.717) is 5.92 Å². The fourth-order valence-electron chi connectivity index (χ4n) is 2.73. The fraction of sp³-hybridized carbons (Fsp3) is 0.571. The summed E-state index contributed by atoms with van der Waals surface area (Å²) in [7, 11) is 2.11. The Balaban J connectivity index is 2.27. The summed E-state index contributed by atoms with van der Waals surface area (Å²) in [6, 6.07) is 8.02. The Bertz CT molecular complexity index is 399. The smallest absolute Gasteiger partial charge is 0.0647 e. The minimum Gasteiger partial charge on any atom is -0.394 e. The maximum atomic E-state index is 9.62. The average molecular weight is 269 g/mol. The number of benzene rings is 1.